The van der Waals surface area contributed by atoms with Gasteiger partial charge in [0, 0.05) is 24.1 Å². The molecule has 0 amide bonds. The van der Waals surface area contributed by atoms with Crippen molar-refractivity contribution in [2.24, 2.45) is 5.84 Å². The minimum atomic E-state index is -0.724. The molecule has 3 N–H and O–H groups in total. The SMILES string of the molecule is Cc1c(NN)nc(C(C)C)nc1Oc1cc(F)cc(F)c1. The van der Waals surface area contributed by atoms with E-state index in [-0.39, 0.29) is 17.5 Å². The summed E-state index contributed by atoms with van der Waals surface area (Å²) in [7, 11) is 0. The van der Waals surface area contributed by atoms with Crippen LogP contribution >= 0.6 is 0 Å². The highest BCUT2D eigenvalue weighted by Crippen LogP contribution is 2.29. The lowest BCUT2D eigenvalue weighted by Crippen LogP contribution is -2.13. The molecule has 0 aliphatic carbocycles. The number of aromatic nitrogens is 2. The van der Waals surface area contributed by atoms with E-state index < -0.39 is 11.6 Å². The van der Waals surface area contributed by atoms with Gasteiger partial charge in [-0.25, -0.2) is 19.6 Å². The van der Waals surface area contributed by atoms with E-state index in [0.29, 0.717) is 17.2 Å². The lowest BCUT2D eigenvalue weighted by atomic mass is 10.2. The first-order valence-electron chi connectivity index (χ1n) is 6.39. The second-order valence-electron chi connectivity index (χ2n) is 4.87. The van der Waals surface area contributed by atoms with Gasteiger partial charge in [-0.1, -0.05) is 13.8 Å². The van der Waals surface area contributed by atoms with E-state index in [1.165, 1.54) is 0 Å². The minimum absolute atomic E-state index is 0.0203. The van der Waals surface area contributed by atoms with Crippen molar-refractivity contribution in [2.45, 2.75) is 26.7 Å². The molecule has 0 fully saturated rings. The van der Waals surface area contributed by atoms with Crippen molar-refractivity contribution in [3.8, 4) is 11.6 Å². The summed E-state index contributed by atoms with van der Waals surface area (Å²) in [5.74, 6) is 5.15. The number of nitrogens with one attached hydrogen (secondary N) is 1. The molecular formula is C14H16F2N4O. The topological polar surface area (TPSA) is 73.1 Å². The van der Waals surface area contributed by atoms with Gasteiger partial charge in [0.1, 0.15) is 23.2 Å². The average molecular weight is 294 g/mol. The Balaban J connectivity index is 2.45. The standard InChI is InChI=1S/C14H16F2N4O/c1-7(2)12-18-13(20-17)8(3)14(19-12)21-11-5-9(15)4-10(16)6-11/h4-7H,17H2,1-3H3,(H,18,19,20). The number of hydrazine groups is 1. The first-order chi connectivity index (χ1) is 9.90. The van der Waals surface area contributed by atoms with Gasteiger partial charge >= 0.3 is 0 Å². The summed E-state index contributed by atoms with van der Waals surface area (Å²) in [6, 6.07) is 2.93. The Morgan fingerprint density at radius 3 is 2.29 bits per heavy atom. The van der Waals surface area contributed by atoms with Crippen molar-refractivity contribution in [2.75, 3.05) is 5.43 Å². The predicted octanol–water partition coefficient (Wildman–Crippen LogP) is 3.26. The van der Waals surface area contributed by atoms with Crippen LogP contribution in [0.1, 0.15) is 31.2 Å². The van der Waals surface area contributed by atoms with E-state index in [1.807, 2.05) is 13.8 Å². The van der Waals surface area contributed by atoms with Crippen LogP contribution in [0.4, 0.5) is 14.6 Å². The average Bonchev–Trinajstić information content (AvgIpc) is 2.39. The summed E-state index contributed by atoms with van der Waals surface area (Å²) in [5.41, 5.74) is 3.01. The molecule has 1 aromatic heterocycles. The zero-order chi connectivity index (χ0) is 15.6. The van der Waals surface area contributed by atoms with Crippen molar-refractivity contribution >= 4 is 5.82 Å². The van der Waals surface area contributed by atoms with Gasteiger partial charge in [0.05, 0.1) is 5.56 Å². The van der Waals surface area contributed by atoms with Crippen LogP contribution in [0.5, 0.6) is 11.6 Å². The number of ether oxygens (including phenoxy) is 1. The maximum atomic E-state index is 13.2. The number of rotatable bonds is 4. The normalized spacial score (nSPS) is 10.8. The molecule has 0 aliphatic rings. The van der Waals surface area contributed by atoms with Crippen LogP contribution in [0, 0.1) is 18.6 Å². The van der Waals surface area contributed by atoms with Gasteiger partial charge in [0.15, 0.2) is 5.82 Å². The maximum absolute atomic E-state index is 13.2. The quantitative estimate of drug-likeness (QED) is 0.669. The van der Waals surface area contributed by atoms with Crippen molar-refractivity contribution < 1.29 is 13.5 Å². The third-order valence-electron chi connectivity index (χ3n) is 2.82. The molecule has 0 atom stereocenters. The summed E-state index contributed by atoms with van der Waals surface area (Å²) in [4.78, 5) is 8.51. The molecule has 0 aliphatic heterocycles. The number of nitrogens with zero attached hydrogens (tertiary/aromatic N) is 2. The number of hydrogen-bond donors (Lipinski definition) is 2. The summed E-state index contributed by atoms with van der Waals surface area (Å²) >= 11 is 0. The molecule has 2 aromatic rings. The Hall–Kier alpha value is -2.28. The van der Waals surface area contributed by atoms with Crippen molar-refractivity contribution in [1.29, 1.82) is 0 Å². The number of nitrogen functional groups attached to an aromatic ring is 1. The van der Waals surface area contributed by atoms with Crippen LogP contribution in [0.2, 0.25) is 0 Å². The number of hydrogen-bond acceptors (Lipinski definition) is 5. The lowest BCUT2D eigenvalue weighted by molar-refractivity contribution is 0.443. The van der Waals surface area contributed by atoms with Gasteiger partial charge in [-0.15, -0.1) is 0 Å². The zero-order valence-electron chi connectivity index (χ0n) is 11.9. The van der Waals surface area contributed by atoms with Gasteiger partial charge in [-0.05, 0) is 6.92 Å². The van der Waals surface area contributed by atoms with Crippen LogP contribution in [0.25, 0.3) is 0 Å². The molecule has 0 unspecified atom stereocenters. The van der Waals surface area contributed by atoms with Gasteiger partial charge in [0.2, 0.25) is 5.88 Å². The molecule has 7 heteroatoms. The Morgan fingerprint density at radius 1 is 1.14 bits per heavy atom. The first kappa shape index (κ1) is 15.1. The van der Waals surface area contributed by atoms with Gasteiger partial charge in [-0.2, -0.15) is 4.98 Å². The highest BCUT2D eigenvalue weighted by molar-refractivity contribution is 5.49. The Labute approximate surface area is 121 Å². The third kappa shape index (κ3) is 3.43. The first-order valence-corrected chi connectivity index (χ1v) is 6.39. The molecule has 0 spiro atoms. The van der Waals surface area contributed by atoms with E-state index >= 15 is 0 Å². The van der Waals surface area contributed by atoms with Crippen LogP contribution in [-0.4, -0.2) is 9.97 Å². The van der Waals surface area contributed by atoms with Crippen LogP contribution in [-0.2, 0) is 0 Å². The Morgan fingerprint density at radius 2 is 1.76 bits per heavy atom. The predicted molar refractivity (Wildman–Crippen MR) is 75.1 cm³/mol. The summed E-state index contributed by atoms with van der Waals surface area (Å²) in [6.07, 6.45) is 0. The largest absolute Gasteiger partial charge is 0.438 e. The molecule has 0 radical (unpaired) electrons. The minimum Gasteiger partial charge on any atom is -0.438 e. The zero-order valence-corrected chi connectivity index (χ0v) is 11.9. The molecule has 1 heterocycles. The molecule has 112 valence electrons. The van der Waals surface area contributed by atoms with Gasteiger partial charge in [0.25, 0.3) is 0 Å². The van der Waals surface area contributed by atoms with Crippen molar-refractivity contribution in [3.05, 3.63) is 41.2 Å². The molecule has 2 rings (SSSR count). The second kappa shape index (κ2) is 6.01. The molecule has 0 saturated carbocycles. The maximum Gasteiger partial charge on any atom is 0.227 e. The van der Waals surface area contributed by atoms with Crippen LogP contribution in [0.15, 0.2) is 18.2 Å². The fourth-order valence-electron chi connectivity index (χ4n) is 1.71. The molecular weight excluding hydrogens is 278 g/mol. The third-order valence-corrected chi connectivity index (χ3v) is 2.82. The van der Waals surface area contributed by atoms with E-state index in [1.54, 1.807) is 6.92 Å². The number of nitrogens with two attached hydrogens (primary N) is 1. The van der Waals surface area contributed by atoms with Crippen molar-refractivity contribution in [3.63, 3.8) is 0 Å². The Kier molecular flexibility index (Phi) is 4.32. The number of benzene rings is 1. The van der Waals surface area contributed by atoms with Crippen LogP contribution < -0.4 is 16.0 Å². The fraction of sp³-hybridized carbons (Fsp3) is 0.286. The number of anilines is 1. The van der Waals surface area contributed by atoms with Gasteiger partial charge in [-0.3, -0.25) is 0 Å². The second-order valence-corrected chi connectivity index (χ2v) is 4.87. The number of halogens is 2. The summed E-state index contributed by atoms with van der Waals surface area (Å²) < 4.78 is 31.9. The highest BCUT2D eigenvalue weighted by atomic mass is 19.1. The van der Waals surface area contributed by atoms with Gasteiger partial charge < -0.3 is 10.2 Å². The molecule has 5 nitrogen and oxygen atoms in total. The monoisotopic (exact) mass is 294 g/mol. The van der Waals surface area contributed by atoms with E-state index in [0.717, 1.165) is 18.2 Å². The molecule has 0 bridgehead atoms. The smallest absolute Gasteiger partial charge is 0.227 e. The van der Waals surface area contributed by atoms with E-state index in [9.17, 15) is 8.78 Å². The lowest BCUT2D eigenvalue weighted by Gasteiger charge is -2.14. The van der Waals surface area contributed by atoms with Crippen molar-refractivity contribution in [1.82, 2.24) is 9.97 Å². The summed E-state index contributed by atoms with van der Waals surface area (Å²) in [6.45, 7) is 5.53. The highest BCUT2D eigenvalue weighted by Gasteiger charge is 2.15. The fourth-order valence-corrected chi connectivity index (χ4v) is 1.71. The van der Waals surface area contributed by atoms with E-state index in [2.05, 4.69) is 15.4 Å². The van der Waals surface area contributed by atoms with Crippen LogP contribution in [0.3, 0.4) is 0 Å². The van der Waals surface area contributed by atoms with E-state index in [4.69, 9.17) is 10.6 Å². The molecule has 1 aromatic carbocycles. The summed E-state index contributed by atoms with van der Waals surface area (Å²) in [5, 5.41) is 0. The molecule has 0 saturated heterocycles. The molecule has 21 heavy (non-hydrogen) atoms. The Bertz CT molecular complexity index is 641.